The Morgan fingerprint density at radius 3 is 2.75 bits per heavy atom. The van der Waals surface area contributed by atoms with Gasteiger partial charge in [-0.3, -0.25) is 4.99 Å². The highest BCUT2D eigenvalue weighted by molar-refractivity contribution is 5.95. The molecule has 0 amide bonds. The van der Waals surface area contributed by atoms with Crippen LogP contribution in [0.2, 0.25) is 0 Å². The van der Waals surface area contributed by atoms with Crippen LogP contribution in [0.3, 0.4) is 0 Å². The molecule has 0 spiro atoms. The summed E-state index contributed by atoms with van der Waals surface area (Å²) in [6.07, 6.45) is -0.248. The van der Waals surface area contributed by atoms with Crippen LogP contribution >= 0.6 is 0 Å². The zero-order chi connectivity index (χ0) is 23.0. The largest absolute Gasteiger partial charge is 0.390 e. The zero-order valence-corrected chi connectivity index (χ0v) is 18.1. The van der Waals surface area contributed by atoms with Gasteiger partial charge in [0.2, 0.25) is 5.95 Å². The summed E-state index contributed by atoms with van der Waals surface area (Å²) < 4.78 is 51.9. The Balaban J connectivity index is 1.62. The summed E-state index contributed by atoms with van der Waals surface area (Å²) in [5, 5.41) is 3.25. The van der Waals surface area contributed by atoms with Gasteiger partial charge < -0.3 is 10.3 Å². The molecule has 0 bridgehead atoms. The van der Waals surface area contributed by atoms with Crippen molar-refractivity contribution >= 4 is 28.4 Å². The van der Waals surface area contributed by atoms with Gasteiger partial charge in [-0.05, 0) is 48.9 Å². The number of nitrogens with one attached hydrogen (secondary N) is 2. The number of aromatic amines is 1. The molecule has 0 aliphatic carbocycles. The Morgan fingerprint density at radius 2 is 2.03 bits per heavy atom. The SMILES string of the molecule is CC1=Nc2c(F)cc(-c3c[nH]c4nc(NCCC(F)(F)F)ncc34)cc2C[C@@H]1CC(C)C. The highest BCUT2D eigenvalue weighted by atomic mass is 19.4. The fourth-order valence-electron chi connectivity index (χ4n) is 4.14. The Bertz CT molecular complexity index is 1160. The van der Waals surface area contributed by atoms with Crippen LogP contribution in [-0.2, 0) is 6.42 Å². The number of fused-ring (bicyclic) bond motifs is 2. The third-order valence-corrected chi connectivity index (χ3v) is 5.68. The van der Waals surface area contributed by atoms with Gasteiger partial charge >= 0.3 is 6.18 Å². The lowest BCUT2D eigenvalue weighted by atomic mass is 9.84. The standard InChI is InChI=1S/C23H25F4N5/c1-12(2)6-14-7-16-8-15(9-19(24)20(16)31-13(14)3)17-10-29-21-18(17)11-30-22(32-21)28-5-4-23(25,26)27/h8-12,14H,4-7H2,1-3H3,(H2,28,29,30,32)/t14-/m0/s1. The topological polar surface area (TPSA) is 66.0 Å². The van der Waals surface area contributed by atoms with E-state index in [-0.39, 0.29) is 24.2 Å². The van der Waals surface area contributed by atoms with Crippen molar-refractivity contribution in [3.63, 3.8) is 0 Å². The van der Waals surface area contributed by atoms with Crippen molar-refractivity contribution in [3.05, 3.63) is 35.9 Å². The Kier molecular flexibility index (Phi) is 5.92. The van der Waals surface area contributed by atoms with Crippen molar-refractivity contribution in [3.8, 4) is 11.1 Å². The third kappa shape index (κ3) is 4.76. The first kappa shape index (κ1) is 22.2. The molecule has 32 heavy (non-hydrogen) atoms. The number of aromatic nitrogens is 3. The van der Waals surface area contributed by atoms with Crippen LogP contribution < -0.4 is 5.32 Å². The molecular formula is C23H25F4N5. The molecule has 2 aromatic heterocycles. The molecule has 0 unspecified atom stereocenters. The van der Waals surface area contributed by atoms with Crippen LogP contribution in [-0.4, -0.2) is 33.4 Å². The van der Waals surface area contributed by atoms with Crippen LogP contribution in [0.5, 0.6) is 0 Å². The summed E-state index contributed by atoms with van der Waals surface area (Å²) in [5.74, 6) is 0.534. The summed E-state index contributed by atoms with van der Waals surface area (Å²) in [7, 11) is 0. The average Bonchev–Trinajstić information content (AvgIpc) is 3.11. The number of nitrogens with zero attached hydrogens (tertiary/aromatic N) is 3. The minimum absolute atomic E-state index is 0.105. The number of alkyl halides is 3. The van der Waals surface area contributed by atoms with Gasteiger partial charge in [0.15, 0.2) is 0 Å². The number of benzene rings is 1. The van der Waals surface area contributed by atoms with Gasteiger partial charge in [0, 0.05) is 41.5 Å². The van der Waals surface area contributed by atoms with Crippen molar-refractivity contribution in [2.75, 3.05) is 11.9 Å². The number of halogens is 4. The lowest BCUT2D eigenvalue weighted by molar-refractivity contribution is -0.131. The minimum atomic E-state index is -4.25. The van der Waals surface area contributed by atoms with Crippen molar-refractivity contribution < 1.29 is 17.6 Å². The number of anilines is 1. The van der Waals surface area contributed by atoms with Crippen molar-refractivity contribution in [2.24, 2.45) is 16.8 Å². The molecule has 0 saturated heterocycles. The molecule has 4 rings (SSSR count). The predicted octanol–water partition coefficient (Wildman–Crippen LogP) is 6.44. The van der Waals surface area contributed by atoms with Crippen LogP contribution in [0.15, 0.2) is 29.5 Å². The quantitative estimate of drug-likeness (QED) is 0.428. The van der Waals surface area contributed by atoms with Crippen LogP contribution in [0.4, 0.5) is 29.2 Å². The molecule has 0 radical (unpaired) electrons. The van der Waals surface area contributed by atoms with E-state index in [4.69, 9.17) is 0 Å². The lowest BCUT2D eigenvalue weighted by Gasteiger charge is -2.25. The molecule has 0 fully saturated rings. The smallest absolute Gasteiger partial charge is 0.354 e. The second kappa shape index (κ2) is 8.52. The molecule has 3 heterocycles. The van der Waals surface area contributed by atoms with Gasteiger partial charge in [-0.2, -0.15) is 18.2 Å². The Labute approximate surface area is 183 Å². The van der Waals surface area contributed by atoms with Crippen molar-refractivity contribution in [1.29, 1.82) is 0 Å². The zero-order valence-electron chi connectivity index (χ0n) is 18.1. The van der Waals surface area contributed by atoms with E-state index in [9.17, 15) is 17.6 Å². The highest BCUT2D eigenvalue weighted by Crippen LogP contribution is 2.38. The second-order valence-electron chi connectivity index (χ2n) is 8.70. The minimum Gasteiger partial charge on any atom is -0.354 e. The van der Waals surface area contributed by atoms with Gasteiger partial charge in [0.1, 0.15) is 17.2 Å². The van der Waals surface area contributed by atoms with Crippen LogP contribution in [0.1, 0.15) is 39.2 Å². The monoisotopic (exact) mass is 447 g/mol. The van der Waals surface area contributed by atoms with Gasteiger partial charge in [-0.15, -0.1) is 0 Å². The number of aliphatic imine (C=N–C) groups is 1. The normalized spacial score (nSPS) is 16.4. The molecule has 9 heteroatoms. The van der Waals surface area contributed by atoms with Gasteiger partial charge in [0.25, 0.3) is 0 Å². The van der Waals surface area contributed by atoms with Crippen molar-refractivity contribution in [2.45, 2.75) is 46.2 Å². The maximum atomic E-state index is 14.9. The summed E-state index contributed by atoms with van der Waals surface area (Å²) in [5.41, 5.74) is 4.12. The van der Waals surface area contributed by atoms with E-state index < -0.39 is 12.6 Å². The molecule has 170 valence electrons. The molecule has 1 aromatic carbocycles. The van der Waals surface area contributed by atoms with E-state index in [1.165, 1.54) is 12.3 Å². The second-order valence-corrected chi connectivity index (χ2v) is 8.70. The summed E-state index contributed by atoms with van der Waals surface area (Å²) in [6.45, 7) is 5.98. The molecule has 1 atom stereocenters. The first-order chi connectivity index (χ1) is 15.1. The molecular weight excluding hydrogens is 422 g/mol. The van der Waals surface area contributed by atoms with E-state index in [0.717, 1.165) is 29.7 Å². The number of hydrogen-bond acceptors (Lipinski definition) is 4. The summed E-state index contributed by atoms with van der Waals surface area (Å²) in [6, 6.07) is 3.41. The van der Waals surface area contributed by atoms with Gasteiger partial charge in [-0.25, -0.2) is 9.37 Å². The van der Waals surface area contributed by atoms with E-state index >= 15 is 0 Å². The van der Waals surface area contributed by atoms with Crippen LogP contribution in [0, 0.1) is 17.7 Å². The number of rotatable bonds is 6. The van der Waals surface area contributed by atoms with Crippen molar-refractivity contribution in [1.82, 2.24) is 15.0 Å². The fourth-order valence-corrected chi connectivity index (χ4v) is 4.14. The Morgan fingerprint density at radius 1 is 1.25 bits per heavy atom. The molecule has 1 aliphatic heterocycles. The van der Waals surface area contributed by atoms with E-state index in [1.807, 2.05) is 13.0 Å². The first-order valence-corrected chi connectivity index (χ1v) is 10.6. The van der Waals surface area contributed by atoms with Gasteiger partial charge in [-0.1, -0.05) is 13.8 Å². The van der Waals surface area contributed by atoms with E-state index in [1.54, 1.807) is 6.20 Å². The molecule has 3 aromatic rings. The van der Waals surface area contributed by atoms with Gasteiger partial charge in [0.05, 0.1) is 6.42 Å². The predicted molar refractivity (Wildman–Crippen MR) is 118 cm³/mol. The maximum Gasteiger partial charge on any atom is 0.390 e. The Hall–Kier alpha value is -2.97. The highest BCUT2D eigenvalue weighted by Gasteiger charge is 2.27. The third-order valence-electron chi connectivity index (χ3n) is 5.68. The molecule has 2 N–H and O–H groups in total. The van der Waals surface area contributed by atoms with Crippen LogP contribution in [0.25, 0.3) is 22.2 Å². The molecule has 1 aliphatic rings. The van der Waals surface area contributed by atoms with E-state index in [2.05, 4.69) is 39.1 Å². The number of hydrogen-bond donors (Lipinski definition) is 2. The fraction of sp³-hybridized carbons (Fsp3) is 0.435. The first-order valence-electron chi connectivity index (χ1n) is 10.6. The summed E-state index contributed by atoms with van der Waals surface area (Å²) >= 11 is 0. The molecule has 5 nitrogen and oxygen atoms in total. The number of H-pyrrole nitrogens is 1. The average molecular weight is 447 g/mol. The van der Waals surface area contributed by atoms with E-state index in [0.29, 0.717) is 28.2 Å². The molecule has 0 saturated carbocycles. The maximum absolute atomic E-state index is 14.9. The lowest BCUT2D eigenvalue weighted by Crippen LogP contribution is -2.20. The summed E-state index contributed by atoms with van der Waals surface area (Å²) in [4.78, 5) is 15.9.